The number of hydrogen-bond acceptors (Lipinski definition) is 3. The van der Waals surface area contributed by atoms with Gasteiger partial charge in [0, 0.05) is 6.54 Å². The minimum Gasteiger partial charge on any atom is -0.383 e. The molecule has 0 aliphatic carbocycles. The van der Waals surface area contributed by atoms with Gasteiger partial charge in [-0.2, -0.15) is 0 Å². The third-order valence-electron chi connectivity index (χ3n) is 4.35. The van der Waals surface area contributed by atoms with Gasteiger partial charge in [-0.3, -0.25) is 4.72 Å². The molecule has 0 aromatic heterocycles. The number of fused-ring (bicyclic) bond motifs is 2. The smallest absolute Gasteiger partial charge is 0.261 e. The van der Waals surface area contributed by atoms with Gasteiger partial charge in [0.25, 0.3) is 10.0 Å². The van der Waals surface area contributed by atoms with Gasteiger partial charge in [0.15, 0.2) is 0 Å². The maximum atomic E-state index is 12.8. The monoisotopic (exact) mass is 338 g/mol. The highest BCUT2D eigenvalue weighted by molar-refractivity contribution is 7.92. The first-order valence-corrected chi connectivity index (χ1v) is 9.49. The molecule has 1 aliphatic heterocycles. The van der Waals surface area contributed by atoms with E-state index in [9.17, 15) is 8.42 Å². The van der Waals surface area contributed by atoms with Crippen LogP contribution in [0.15, 0.2) is 65.6 Å². The van der Waals surface area contributed by atoms with E-state index in [0.29, 0.717) is 5.69 Å². The largest absolute Gasteiger partial charge is 0.383 e. The SMILES string of the molecule is O=S(=O)(Nc1cccc2c1NCCC2)c1ccc2ccccc2c1. The van der Waals surface area contributed by atoms with Crippen molar-refractivity contribution in [2.45, 2.75) is 17.7 Å². The fraction of sp³-hybridized carbons (Fsp3) is 0.158. The van der Waals surface area contributed by atoms with Crippen LogP contribution >= 0.6 is 0 Å². The van der Waals surface area contributed by atoms with Crippen LogP contribution in [0, 0.1) is 0 Å². The highest BCUT2D eigenvalue weighted by Gasteiger charge is 2.19. The van der Waals surface area contributed by atoms with E-state index in [4.69, 9.17) is 0 Å². The molecule has 3 aromatic carbocycles. The van der Waals surface area contributed by atoms with Crippen LogP contribution in [0.5, 0.6) is 0 Å². The van der Waals surface area contributed by atoms with E-state index in [0.717, 1.165) is 41.4 Å². The standard InChI is InChI=1S/C19H18N2O2S/c22-24(23,17-11-10-14-5-1-2-6-16(14)13-17)21-18-9-3-7-15-8-4-12-20-19(15)18/h1-3,5-7,9-11,13,20-21H,4,8,12H2. The maximum absolute atomic E-state index is 12.8. The molecule has 0 bridgehead atoms. The molecule has 0 spiro atoms. The molecule has 4 rings (SSSR count). The maximum Gasteiger partial charge on any atom is 0.261 e. The van der Waals surface area contributed by atoms with Gasteiger partial charge in [-0.1, -0.05) is 42.5 Å². The van der Waals surface area contributed by atoms with E-state index in [-0.39, 0.29) is 4.90 Å². The molecule has 0 amide bonds. The average Bonchev–Trinajstić information content (AvgIpc) is 2.61. The zero-order valence-electron chi connectivity index (χ0n) is 13.1. The number of aryl methyl sites for hydroxylation is 1. The Hall–Kier alpha value is -2.53. The quantitative estimate of drug-likeness (QED) is 0.759. The van der Waals surface area contributed by atoms with Gasteiger partial charge in [0.1, 0.15) is 0 Å². The lowest BCUT2D eigenvalue weighted by atomic mass is 10.0. The summed E-state index contributed by atoms with van der Waals surface area (Å²) in [7, 11) is -3.63. The molecule has 0 radical (unpaired) electrons. The van der Waals surface area contributed by atoms with Crippen LogP contribution in [0.4, 0.5) is 11.4 Å². The predicted molar refractivity (Wildman–Crippen MR) is 98.0 cm³/mol. The second-order valence-electron chi connectivity index (χ2n) is 5.98. The Kier molecular flexibility index (Phi) is 3.65. The Morgan fingerprint density at radius 1 is 0.917 bits per heavy atom. The third kappa shape index (κ3) is 2.71. The Labute approximate surface area is 141 Å². The van der Waals surface area contributed by atoms with Gasteiger partial charge in [-0.05, 0) is 47.4 Å². The molecule has 1 heterocycles. The molecule has 1 aliphatic rings. The van der Waals surface area contributed by atoms with Gasteiger partial charge in [0.2, 0.25) is 0 Å². The highest BCUT2D eigenvalue weighted by atomic mass is 32.2. The first kappa shape index (κ1) is 15.0. The number of hydrogen-bond donors (Lipinski definition) is 2. The number of nitrogens with one attached hydrogen (secondary N) is 2. The summed E-state index contributed by atoms with van der Waals surface area (Å²) in [4.78, 5) is 0.273. The summed E-state index contributed by atoms with van der Waals surface area (Å²) in [5.41, 5.74) is 2.66. The predicted octanol–water partition coefficient (Wildman–Crippen LogP) is 4.00. The molecule has 4 nitrogen and oxygen atoms in total. The van der Waals surface area contributed by atoms with Crippen molar-refractivity contribution in [3.63, 3.8) is 0 Å². The van der Waals surface area contributed by atoms with E-state index in [1.54, 1.807) is 18.2 Å². The summed E-state index contributed by atoms with van der Waals surface area (Å²) in [5, 5.41) is 5.24. The third-order valence-corrected chi connectivity index (χ3v) is 5.71. The molecule has 2 N–H and O–H groups in total. The first-order valence-electron chi connectivity index (χ1n) is 8.01. The Balaban J connectivity index is 1.72. The first-order chi connectivity index (χ1) is 11.6. The molecule has 0 saturated heterocycles. The van der Waals surface area contributed by atoms with Gasteiger partial charge in [0.05, 0.1) is 16.3 Å². The van der Waals surface area contributed by atoms with Crippen LogP contribution in [0.2, 0.25) is 0 Å². The van der Waals surface area contributed by atoms with Crippen molar-refractivity contribution in [2.24, 2.45) is 0 Å². The van der Waals surface area contributed by atoms with Crippen molar-refractivity contribution < 1.29 is 8.42 Å². The minimum atomic E-state index is -3.63. The van der Waals surface area contributed by atoms with Crippen molar-refractivity contribution in [2.75, 3.05) is 16.6 Å². The summed E-state index contributed by atoms with van der Waals surface area (Å²) < 4.78 is 28.3. The Morgan fingerprint density at radius 3 is 2.62 bits per heavy atom. The number of anilines is 2. The molecular formula is C19H18N2O2S. The fourth-order valence-corrected chi connectivity index (χ4v) is 4.24. The summed E-state index contributed by atoms with van der Waals surface area (Å²) in [6.45, 7) is 0.863. The Morgan fingerprint density at radius 2 is 1.75 bits per heavy atom. The molecule has 0 unspecified atom stereocenters. The van der Waals surface area contributed by atoms with Crippen molar-refractivity contribution in [3.8, 4) is 0 Å². The van der Waals surface area contributed by atoms with Crippen molar-refractivity contribution in [1.82, 2.24) is 0 Å². The van der Waals surface area contributed by atoms with Gasteiger partial charge < -0.3 is 5.32 Å². The number of sulfonamides is 1. The zero-order valence-corrected chi connectivity index (χ0v) is 13.9. The van der Waals surface area contributed by atoms with Gasteiger partial charge in [-0.15, -0.1) is 0 Å². The van der Waals surface area contributed by atoms with E-state index >= 15 is 0 Å². The molecule has 5 heteroatoms. The molecular weight excluding hydrogens is 320 g/mol. The van der Waals surface area contributed by atoms with Crippen LogP contribution in [0.3, 0.4) is 0 Å². The molecule has 0 fully saturated rings. The van der Waals surface area contributed by atoms with Crippen LogP contribution in [0.25, 0.3) is 10.8 Å². The summed E-state index contributed by atoms with van der Waals surface area (Å²) in [5.74, 6) is 0. The fourth-order valence-electron chi connectivity index (χ4n) is 3.13. The van der Waals surface area contributed by atoms with Crippen LogP contribution in [-0.4, -0.2) is 15.0 Å². The molecule has 3 aromatic rings. The average molecular weight is 338 g/mol. The lowest BCUT2D eigenvalue weighted by Gasteiger charge is -2.21. The van der Waals surface area contributed by atoms with E-state index in [1.807, 2.05) is 42.5 Å². The van der Waals surface area contributed by atoms with Gasteiger partial charge >= 0.3 is 0 Å². The molecule has 24 heavy (non-hydrogen) atoms. The lowest BCUT2D eigenvalue weighted by molar-refractivity contribution is 0.601. The normalized spacial score (nSPS) is 14.0. The molecule has 122 valence electrons. The van der Waals surface area contributed by atoms with Crippen LogP contribution in [-0.2, 0) is 16.4 Å². The minimum absolute atomic E-state index is 0.273. The second-order valence-corrected chi connectivity index (χ2v) is 7.67. The molecule has 0 atom stereocenters. The second kappa shape index (κ2) is 5.83. The van der Waals surface area contributed by atoms with E-state index < -0.39 is 10.0 Å². The summed E-state index contributed by atoms with van der Waals surface area (Å²) in [6, 6.07) is 18.7. The number of para-hydroxylation sites is 1. The molecule has 0 saturated carbocycles. The summed E-state index contributed by atoms with van der Waals surface area (Å²) >= 11 is 0. The Bertz CT molecular complexity index is 1010. The van der Waals surface area contributed by atoms with E-state index in [1.165, 1.54) is 0 Å². The number of rotatable bonds is 3. The van der Waals surface area contributed by atoms with Gasteiger partial charge in [-0.25, -0.2) is 8.42 Å². The van der Waals surface area contributed by atoms with Crippen molar-refractivity contribution >= 4 is 32.2 Å². The highest BCUT2D eigenvalue weighted by Crippen LogP contribution is 2.32. The zero-order chi connectivity index (χ0) is 16.6. The van der Waals surface area contributed by atoms with Crippen molar-refractivity contribution in [1.29, 1.82) is 0 Å². The van der Waals surface area contributed by atoms with Crippen molar-refractivity contribution in [3.05, 3.63) is 66.2 Å². The number of benzene rings is 3. The topological polar surface area (TPSA) is 58.2 Å². The summed E-state index contributed by atoms with van der Waals surface area (Å²) in [6.07, 6.45) is 2.03. The van der Waals surface area contributed by atoms with Crippen LogP contribution < -0.4 is 10.0 Å². The van der Waals surface area contributed by atoms with Crippen LogP contribution in [0.1, 0.15) is 12.0 Å². The van der Waals surface area contributed by atoms with E-state index in [2.05, 4.69) is 10.0 Å². The lowest BCUT2D eigenvalue weighted by Crippen LogP contribution is -2.18.